The van der Waals surface area contributed by atoms with Crippen LogP contribution in [-0.4, -0.2) is 35.5 Å². The molecule has 2 heterocycles. The molecule has 0 saturated heterocycles. The van der Waals surface area contributed by atoms with Crippen molar-refractivity contribution in [2.75, 3.05) is 6.61 Å². The molecule has 1 atom stereocenters. The Kier molecular flexibility index (Phi) is 7.28. The maximum Gasteiger partial charge on any atom is 0.355 e. The highest BCUT2D eigenvalue weighted by Gasteiger charge is 2.29. The Bertz CT molecular complexity index is 1240. The molecular weight excluding hydrogens is 444 g/mol. The summed E-state index contributed by atoms with van der Waals surface area (Å²) in [6, 6.07) is 7.37. The number of imidazole rings is 1. The van der Waals surface area contributed by atoms with E-state index in [0.29, 0.717) is 35.3 Å². The summed E-state index contributed by atoms with van der Waals surface area (Å²) in [4.78, 5) is 19.4. The van der Waals surface area contributed by atoms with E-state index in [1.807, 2.05) is 42.7 Å². The first-order valence-corrected chi connectivity index (χ1v) is 12.3. The van der Waals surface area contributed by atoms with Gasteiger partial charge < -0.3 is 14.5 Å². The van der Waals surface area contributed by atoms with Gasteiger partial charge in [-0.25, -0.2) is 22.9 Å². The summed E-state index contributed by atoms with van der Waals surface area (Å²) in [5.74, 6) is 0.0558. The van der Waals surface area contributed by atoms with E-state index in [-0.39, 0.29) is 17.2 Å². The predicted octanol–water partition coefficient (Wildman–Crippen LogP) is 4.16. The van der Waals surface area contributed by atoms with Crippen molar-refractivity contribution in [1.82, 2.24) is 19.3 Å². The van der Waals surface area contributed by atoms with Gasteiger partial charge in [0.05, 0.1) is 24.5 Å². The van der Waals surface area contributed by atoms with Crippen molar-refractivity contribution in [3.8, 4) is 11.8 Å². The molecule has 33 heavy (non-hydrogen) atoms. The number of rotatable bonds is 9. The highest BCUT2D eigenvalue weighted by molar-refractivity contribution is 7.89. The van der Waals surface area contributed by atoms with Crippen LogP contribution in [0, 0.1) is 20.8 Å². The molecule has 3 aromatic rings. The van der Waals surface area contributed by atoms with E-state index in [2.05, 4.69) is 14.7 Å². The molecule has 3 rings (SSSR count). The predicted molar refractivity (Wildman–Crippen MR) is 124 cm³/mol. The topological polar surface area (TPSA) is 115 Å². The quantitative estimate of drug-likeness (QED) is 0.450. The van der Waals surface area contributed by atoms with Crippen molar-refractivity contribution in [1.29, 1.82) is 0 Å². The molecule has 0 aliphatic heterocycles. The first kappa shape index (κ1) is 24.5. The van der Waals surface area contributed by atoms with E-state index >= 15 is 0 Å². The molecule has 0 aliphatic rings. The van der Waals surface area contributed by atoms with Crippen molar-refractivity contribution in [2.45, 2.75) is 59.0 Å². The van der Waals surface area contributed by atoms with Gasteiger partial charge in [0.2, 0.25) is 10.0 Å². The SMILES string of the molecule is CCOC(=O)c1[nH]c(C)c(S(=O)(=O)NC(C)c2cnc(Oc3ccc(C)cc3)n2CC)c1C. The molecule has 2 aromatic heterocycles. The van der Waals surface area contributed by atoms with Gasteiger partial charge in [0, 0.05) is 17.8 Å². The molecule has 2 N–H and O–H groups in total. The molecule has 0 fully saturated rings. The second-order valence-electron chi connectivity index (χ2n) is 7.77. The van der Waals surface area contributed by atoms with Gasteiger partial charge in [-0.3, -0.25) is 4.57 Å². The van der Waals surface area contributed by atoms with Crippen molar-refractivity contribution in [2.24, 2.45) is 0 Å². The third-order valence-corrected chi connectivity index (χ3v) is 7.10. The fourth-order valence-corrected chi connectivity index (χ4v) is 5.39. The molecule has 178 valence electrons. The molecule has 10 heteroatoms. The Morgan fingerprint density at radius 3 is 2.45 bits per heavy atom. The number of ether oxygens (including phenoxy) is 2. The number of aryl methyl sites for hydroxylation is 2. The van der Waals surface area contributed by atoms with Gasteiger partial charge in [-0.05, 0) is 53.7 Å². The van der Waals surface area contributed by atoms with Crippen LogP contribution in [0.15, 0.2) is 35.4 Å². The minimum absolute atomic E-state index is 0.0381. The Morgan fingerprint density at radius 2 is 1.85 bits per heavy atom. The third kappa shape index (κ3) is 5.12. The maximum absolute atomic E-state index is 13.2. The number of nitrogens with one attached hydrogen (secondary N) is 2. The summed E-state index contributed by atoms with van der Waals surface area (Å²) in [5.41, 5.74) is 2.58. The maximum atomic E-state index is 13.2. The van der Waals surface area contributed by atoms with Gasteiger partial charge in [-0.15, -0.1) is 0 Å². The first-order chi connectivity index (χ1) is 15.6. The molecular formula is C23H30N4O5S. The Hall–Kier alpha value is -3.11. The van der Waals surface area contributed by atoms with Gasteiger partial charge in [-0.2, -0.15) is 0 Å². The number of H-pyrrole nitrogens is 1. The van der Waals surface area contributed by atoms with E-state index in [1.54, 1.807) is 33.9 Å². The van der Waals surface area contributed by atoms with Crippen LogP contribution in [0.5, 0.6) is 11.8 Å². The molecule has 0 bridgehead atoms. The van der Waals surface area contributed by atoms with E-state index in [9.17, 15) is 13.2 Å². The second-order valence-corrected chi connectivity index (χ2v) is 9.42. The zero-order valence-electron chi connectivity index (χ0n) is 19.7. The van der Waals surface area contributed by atoms with Crippen LogP contribution >= 0.6 is 0 Å². The highest BCUT2D eigenvalue weighted by Crippen LogP contribution is 2.28. The van der Waals surface area contributed by atoms with Crippen LogP contribution in [0.25, 0.3) is 0 Å². The zero-order valence-corrected chi connectivity index (χ0v) is 20.5. The minimum atomic E-state index is -3.95. The number of aromatic amines is 1. The molecule has 0 amide bonds. The number of hydrogen-bond donors (Lipinski definition) is 2. The van der Waals surface area contributed by atoms with Crippen molar-refractivity contribution >= 4 is 16.0 Å². The number of hydrogen-bond acceptors (Lipinski definition) is 6. The molecule has 1 aromatic carbocycles. The second kappa shape index (κ2) is 9.80. The number of carbonyl (C=O) groups excluding carboxylic acids is 1. The van der Waals surface area contributed by atoms with E-state index in [4.69, 9.17) is 9.47 Å². The van der Waals surface area contributed by atoms with Crippen LogP contribution in [-0.2, 0) is 21.3 Å². The summed E-state index contributed by atoms with van der Waals surface area (Å²) in [5, 5.41) is 0. The van der Waals surface area contributed by atoms with Crippen LogP contribution in [0.4, 0.5) is 0 Å². The summed E-state index contributed by atoms with van der Waals surface area (Å²) < 4.78 is 41.9. The van der Waals surface area contributed by atoms with Crippen LogP contribution in [0.1, 0.15) is 59.8 Å². The number of carbonyl (C=O) groups is 1. The Labute approximate surface area is 194 Å². The molecule has 0 radical (unpaired) electrons. The molecule has 0 saturated carbocycles. The van der Waals surface area contributed by atoms with E-state index in [1.165, 1.54) is 0 Å². The molecule has 9 nitrogen and oxygen atoms in total. The first-order valence-electron chi connectivity index (χ1n) is 10.8. The number of aromatic nitrogens is 3. The van der Waals surface area contributed by atoms with E-state index < -0.39 is 22.0 Å². The number of benzene rings is 1. The number of nitrogens with zero attached hydrogens (tertiary/aromatic N) is 2. The van der Waals surface area contributed by atoms with Crippen LogP contribution in [0.2, 0.25) is 0 Å². The smallest absolute Gasteiger partial charge is 0.355 e. The Balaban J connectivity index is 1.86. The summed E-state index contributed by atoms with van der Waals surface area (Å²) in [7, 11) is -3.95. The van der Waals surface area contributed by atoms with Gasteiger partial charge in [0.15, 0.2) is 0 Å². The monoisotopic (exact) mass is 474 g/mol. The van der Waals surface area contributed by atoms with Gasteiger partial charge in [0.1, 0.15) is 16.3 Å². The summed E-state index contributed by atoms with van der Waals surface area (Å²) >= 11 is 0. The third-order valence-electron chi connectivity index (χ3n) is 5.29. The fourth-order valence-electron chi connectivity index (χ4n) is 3.72. The normalized spacial score (nSPS) is 12.5. The molecule has 0 spiro atoms. The molecule has 0 aliphatic carbocycles. The van der Waals surface area contributed by atoms with Gasteiger partial charge in [0.25, 0.3) is 0 Å². The van der Waals surface area contributed by atoms with Gasteiger partial charge >= 0.3 is 12.0 Å². The number of esters is 1. The lowest BCUT2D eigenvalue weighted by atomic mass is 10.2. The Morgan fingerprint density at radius 1 is 1.18 bits per heavy atom. The highest BCUT2D eigenvalue weighted by atomic mass is 32.2. The fraction of sp³-hybridized carbons (Fsp3) is 0.391. The summed E-state index contributed by atoms with van der Waals surface area (Å²) in [6.07, 6.45) is 1.60. The van der Waals surface area contributed by atoms with Crippen LogP contribution in [0.3, 0.4) is 0 Å². The van der Waals surface area contributed by atoms with Crippen molar-refractivity contribution < 1.29 is 22.7 Å². The minimum Gasteiger partial charge on any atom is -0.461 e. The lowest BCUT2D eigenvalue weighted by molar-refractivity contribution is 0.0519. The van der Waals surface area contributed by atoms with Crippen LogP contribution < -0.4 is 9.46 Å². The standard InChI is InChI=1S/C23H30N4O5S/c1-7-27-19(13-24-23(27)32-18-11-9-14(3)10-12-18)16(5)26-33(29,30)21-15(4)20(25-17(21)6)22(28)31-8-2/h9-13,16,25-26H,7-8H2,1-6H3. The largest absolute Gasteiger partial charge is 0.461 e. The lowest BCUT2D eigenvalue weighted by Gasteiger charge is -2.17. The number of sulfonamides is 1. The van der Waals surface area contributed by atoms with Gasteiger partial charge in [-0.1, -0.05) is 17.7 Å². The van der Waals surface area contributed by atoms with Crippen molar-refractivity contribution in [3.63, 3.8) is 0 Å². The zero-order chi connectivity index (χ0) is 24.3. The summed E-state index contributed by atoms with van der Waals surface area (Å²) in [6.45, 7) is 11.3. The lowest BCUT2D eigenvalue weighted by Crippen LogP contribution is -2.29. The molecule has 1 unspecified atom stereocenters. The van der Waals surface area contributed by atoms with Crippen molar-refractivity contribution in [3.05, 3.63) is 58.7 Å². The average Bonchev–Trinajstić information content (AvgIpc) is 3.29. The van der Waals surface area contributed by atoms with E-state index in [0.717, 1.165) is 5.56 Å². The average molecular weight is 475 g/mol.